The number of carbonyl (C=O) groups excluding carboxylic acids is 1. The van der Waals surface area contributed by atoms with Crippen molar-refractivity contribution in [3.05, 3.63) is 33.9 Å². The first-order chi connectivity index (χ1) is 11.0. The molecular weight excluding hydrogens is 318 g/mol. The molecule has 0 saturated carbocycles. The number of ether oxygens (including phenoxy) is 1. The molecule has 1 amide bonds. The van der Waals surface area contributed by atoms with Crippen LogP contribution in [0.3, 0.4) is 0 Å². The molecule has 24 heavy (non-hydrogen) atoms. The molecule has 0 heterocycles. The zero-order valence-electron chi connectivity index (χ0n) is 13.9. The average molecular weight is 341 g/mol. The lowest BCUT2D eigenvalue weighted by Gasteiger charge is -2.21. The molecule has 0 fully saturated rings. The Morgan fingerprint density at radius 1 is 1.42 bits per heavy atom. The number of benzene rings is 1. The third-order valence-electron chi connectivity index (χ3n) is 3.06. The summed E-state index contributed by atoms with van der Waals surface area (Å²) in [7, 11) is 0. The molecule has 9 nitrogen and oxygen atoms in total. The molecule has 5 N–H and O–H groups in total. The Bertz CT molecular complexity index is 599. The predicted molar refractivity (Wildman–Crippen MR) is 87.3 cm³/mol. The van der Waals surface area contributed by atoms with Gasteiger partial charge in [0, 0.05) is 12.6 Å². The van der Waals surface area contributed by atoms with Crippen molar-refractivity contribution < 1.29 is 24.7 Å². The van der Waals surface area contributed by atoms with Crippen LogP contribution in [0.25, 0.3) is 0 Å². The van der Waals surface area contributed by atoms with Gasteiger partial charge >= 0.3 is 6.09 Å². The third-order valence-corrected chi connectivity index (χ3v) is 3.06. The summed E-state index contributed by atoms with van der Waals surface area (Å²) >= 11 is 0. The molecular formula is C15H23N3O6. The van der Waals surface area contributed by atoms with Gasteiger partial charge in [0.1, 0.15) is 17.4 Å². The van der Waals surface area contributed by atoms with Gasteiger partial charge in [-0.25, -0.2) is 4.79 Å². The van der Waals surface area contributed by atoms with E-state index in [1.54, 1.807) is 20.8 Å². The molecule has 0 aliphatic carbocycles. The van der Waals surface area contributed by atoms with E-state index in [0.717, 1.165) is 0 Å². The van der Waals surface area contributed by atoms with Crippen molar-refractivity contribution >= 4 is 17.5 Å². The summed E-state index contributed by atoms with van der Waals surface area (Å²) in [5.41, 5.74) is 4.80. The molecule has 1 rings (SSSR count). The topological polar surface area (TPSA) is 148 Å². The highest BCUT2D eigenvalue weighted by atomic mass is 16.6. The van der Waals surface area contributed by atoms with Gasteiger partial charge < -0.3 is 26.0 Å². The van der Waals surface area contributed by atoms with Crippen molar-refractivity contribution in [2.75, 3.05) is 12.3 Å². The molecule has 0 aliphatic rings. The van der Waals surface area contributed by atoms with Gasteiger partial charge in [-0.05, 0) is 44.9 Å². The standard InChI is InChI=1S/C15H23N3O6/c1-15(2,3)24-14(21)17-7-6-12(19)13(20)9-4-5-11(18(22)23)10(16)8-9/h4-5,8,12-13,19-20H,6-7,16H2,1-3H3,(H,17,21). The maximum atomic E-state index is 11.5. The van der Waals surface area contributed by atoms with E-state index in [0.29, 0.717) is 0 Å². The lowest BCUT2D eigenvalue weighted by atomic mass is 10.0. The van der Waals surface area contributed by atoms with Gasteiger partial charge in [0.05, 0.1) is 11.0 Å². The normalized spacial score (nSPS) is 13.9. The average Bonchev–Trinajstić information content (AvgIpc) is 2.43. The van der Waals surface area contributed by atoms with E-state index in [2.05, 4.69) is 5.32 Å². The van der Waals surface area contributed by atoms with E-state index in [-0.39, 0.29) is 29.9 Å². The number of nitrogens with zero attached hydrogens (tertiary/aromatic N) is 1. The summed E-state index contributed by atoms with van der Waals surface area (Å²) in [6.07, 6.45) is -3.02. The number of nitro benzene ring substituents is 1. The molecule has 1 aromatic rings. The highest BCUT2D eigenvalue weighted by Crippen LogP contribution is 2.27. The molecule has 0 aromatic heterocycles. The number of nitro groups is 1. The van der Waals surface area contributed by atoms with Gasteiger partial charge in [-0.1, -0.05) is 0 Å². The van der Waals surface area contributed by atoms with Crippen LogP contribution in [-0.2, 0) is 4.74 Å². The molecule has 0 bridgehead atoms. The quantitative estimate of drug-likeness (QED) is 0.348. The molecule has 0 aliphatic heterocycles. The van der Waals surface area contributed by atoms with Crippen LogP contribution in [0.15, 0.2) is 18.2 Å². The zero-order valence-corrected chi connectivity index (χ0v) is 13.9. The van der Waals surface area contributed by atoms with Gasteiger partial charge in [0.2, 0.25) is 0 Å². The largest absolute Gasteiger partial charge is 0.444 e. The fourth-order valence-electron chi connectivity index (χ4n) is 1.94. The number of aliphatic hydroxyl groups excluding tert-OH is 2. The number of aliphatic hydroxyl groups is 2. The number of alkyl carbamates (subject to hydrolysis) is 1. The van der Waals surface area contributed by atoms with Crippen LogP contribution in [0, 0.1) is 10.1 Å². The van der Waals surface area contributed by atoms with Crippen LogP contribution in [0.4, 0.5) is 16.2 Å². The second-order valence-corrected chi connectivity index (χ2v) is 6.30. The number of nitrogen functional groups attached to an aromatic ring is 1. The Hall–Kier alpha value is -2.39. The molecule has 2 unspecified atom stereocenters. The van der Waals surface area contributed by atoms with E-state index in [9.17, 15) is 25.1 Å². The van der Waals surface area contributed by atoms with Gasteiger partial charge in [-0.3, -0.25) is 10.1 Å². The first-order valence-electron chi connectivity index (χ1n) is 7.38. The summed E-state index contributed by atoms with van der Waals surface area (Å²) in [5, 5.41) is 33.2. The lowest BCUT2D eigenvalue weighted by Crippen LogP contribution is -2.34. The van der Waals surface area contributed by atoms with E-state index in [1.807, 2.05) is 0 Å². The number of anilines is 1. The predicted octanol–water partition coefficient (Wildman–Crippen LogP) is 1.49. The van der Waals surface area contributed by atoms with Crippen molar-refractivity contribution in [2.45, 2.75) is 45.0 Å². The fourth-order valence-corrected chi connectivity index (χ4v) is 1.94. The SMILES string of the molecule is CC(C)(C)OC(=O)NCCC(O)C(O)c1ccc([N+](=O)[O-])c(N)c1. The molecule has 0 spiro atoms. The first-order valence-corrected chi connectivity index (χ1v) is 7.38. The lowest BCUT2D eigenvalue weighted by molar-refractivity contribution is -0.383. The van der Waals surface area contributed by atoms with Gasteiger partial charge in [-0.15, -0.1) is 0 Å². The second kappa shape index (κ2) is 7.93. The Morgan fingerprint density at radius 3 is 2.54 bits per heavy atom. The second-order valence-electron chi connectivity index (χ2n) is 6.30. The number of carbonyl (C=O) groups is 1. The Labute approximate surface area is 139 Å². The van der Waals surface area contributed by atoms with Crippen LogP contribution in [0.2, 0.25) is 0 Å². The van der Waals surface area contributed by atoms with Crippen LogP contribution in [0.5, 0.6) is 0 Å². The first kappa shape index (κ1) is 19.7. The highest BCUT2D eigenvalue weighted by molar-refractivity contribution is 5.67. The van der Waals surface area contributed by atoms with Crippen molar-refractivity contribution in [3.8, 4) is 0 Å². The summed E-state index contributed by atoms with van der Waals surface area (Å²) in [4.78, 5) is 21.5. The van der Waals surface area contributed by atoms with Gasteiger partial charge in [-0.2, -0.15) is 0 Å². The minimum Gasteiger partial charge on any atom is -0.444 e. The number of amides is 1. The Morgan fingerprint density at radius 2 is 2.04 bits per heavy atom. The zero-order chi connectivity index (χ0) is 18.5. The molecule has 9 heteroatoms. The Balaban J connectivity index is 2.56. The molecule has 1 aromatic carbocycles. The molecule has 0 radical (unpaired) electrons. The molecule has 0 saturated heterocycles. The summed E-state index contributed by atoms with van der Waals surface area (Å²) in [6.45, 7) is 5.27. The van der Waals surface area contributed by atoms with E-state index >= 15 is 0 Å². The van der Waals surface area contributed by atoms with E-state index in [1.165, 1.54) is 18.2 Å². The van der Waals surface area contributed by atoms with Crippen molar-refractivity contribution in [1.29, 1.82) is 0 Å². The van der Waals surface area contributed by atoms with Crippen molar-refractivity contribution in [1.82, 2.24) is 5.32 Å². The van der Waals surface area contributed by atoms with Crippen LogP contribution < -0.4 is 11.1 Å². The summed E-state index contributed by atoms with van der Waals surface area (Å²) < 4.78 is 5.04. The van der Waals surface area contributed by atoms with Gasteiger partial charge in [0.25, 0.3) is 5.69 Å². The minimum atomic E-state index is -1.28. The van der Waals surface area contributed by atoms with Crippen LogP contribution >= 0.6 is 0 Å². The maximum absolute atomic E-state index is 11.5. The van der Waals surface area contributed by atoms with E-state index < -0.39 is 28.8 Å². The highest BCUT2D eigenvalue weighted by Gasteiger charge is 2.22. The number of nitrogens with two attached hydrogens (primary N) is 1. The smallest absolute Gasteiger partial charge is 0.407 e. The summed E-state index contributed by atoms with van der Waals surface area (Å²) in [5.74, 6) is 0. The molecule has 134 valence electrons. The third kappa shape index (κ3) is 6.01. The van der Waals surface area contributed by atoms with Crippen molar-refractivity contribution in [3.63, 3.8) is 0 Å². The van der Waals surface area contributed by atoms with Crippen molar-refractivity contribution in [2.24, 2.45) is 0 Å². The number of nitrogens with one attached hydrogen (secondary N) is 1. The Kier molecular flexibility index (Phi) is 6.50. The van der Waals surface area contributed by atoms with Crippen LogP contribution in [0.1, 0.15) is 38.9 Å². The number of hydrogen-bond donors (Lipinski definition) is 4. The number of hydrogen-bond acceptors (Lipinski definition) is 7. The minimum absolute atomic E-state index is 0.0668. The molecule has 2 atom stereocenters. The summed E-state index contributed by atoms with van der Waals surface area (Å²) in [6, 6.07) is 3.73. The fraction of sp³-hybridized carbons (Fsp3) is 0.533. The number of rotatable bonds is 6. The monoisotopic (exact) mass is 341 g/mol. The van der Waals surface area contributed by atoms with Gasteiger partial charge in [0.15, 0.2) is 0 Å². The van der Waals surface area contributed by atoms with E-state index in [4.69, 9.17) is 10.5 Å². The maximum Gasteiger partial charge on any atom is 0.407 e. The van der Waals surface area contributed by atoms with Crippen LogP contribution in [-0.4, -0.2) is 39.5 Å².